The zero-order valence-electron chi connectivity index (χ0n) is 21.8. The highest BCUT2D eigenvalue weighted by Gasteiger charge is 2.33. The van der Waals surface area contributed by atoms with Crippen LogP contribution < -0.4 is 9.62 Å². The molecule has 0 bridgehead atoms. The van der Waals surface area contributed by atoms with Crippen molar-refractivity contribution in [3.05, 3.63) is 94.2 Å². The Morgan fingerprint density at radius 3 is 2.23 bits per heavy atom. The van der Waals surface area contributed by atoms with Gasteiger partial charge in [0, 0.05) is 17.6 Å². The van der Waals surface area contributed by atoms with E-state index in [9.17, 15) is 22.4 Å². The van der Waals surface area contributed by atoms with Crippen molar-refractivity contribution >= 4 is 50.7 Å². The van der Waals surface area contributed by atoms with Crippen LogP contribution in [0.15, 0.2) is 77.7 Å². The second kappa shape index (κ2) is 13.3. The summed E-state index contributed by atoms with van der Waals surface area (Å²) in [5, 5.41) is 3.14. The fourth-order valence-electron chi connectivity index (χ4n) is 3.74. The molecule has 11 heteroatoms. The van der Waals surface area contributed by atoms with Gasteiger partial charge >= 0.3 is 0 Å². The second-order valence-electron chi connectivity index (χ2n) is 9.06. The van der Waals surface area contributed by atoms with Gasteiger partial charge < -0.3 is 10.2 Å². The van der Waals surface area contributed by atoms with Crippen LogP contribution in [-0.2, 0) is 26.2 Å². The number of anilines is 1. The minimum absolute atomic E-state index is 0.0137. The molecule has 0 heterocycles. The summed E-state index contributed by atoms with van der Waals surface area (Å²) >= 11 is 12.6. The van der Waals surface area contributed by atoms with Gasteiger partial charge in [-0.1, -0.05) is 60.5 Å². The van der Waals surface area contributed by atoms with Crippen molar-refractivity contribution in [2.45, 2.75) is 50.7 Å². The summed E-state index contributed by atoms with van der Waals surface area (Å²) in [6, 6.07) is 16.3. The molecule has 3 aromatic rings. The average Bonchev–Trinajstić information content (AvgIpc) is 2.92. The van der Waals surface area contributed by atoms with E-state index in [0.29, 0.717) is 12.0 Å². The monoisotopic (exact) mass is 593 g/mol. The van der Waals surface area contributed by atoms with E-state index in [1.807, 2.05) is 13.8 Å². The van der Waals surface area contributed by atoms with E-state index in [1.54, 1.807) is 25.1 Å². The van der Waals surface area contributed by atoms with Crippen LogP contribution in [-0.4, -0.2) is 43.8 Å². The van der Waals surface area contributed by atoms with E-state index >= 15 is 0 Å². The zero-order chi connectivity index (χ0) is 28.7. The highest BCUT2D eigenvalue weighted by Crippen LogP contribution is 2.33. The number of benzene rings is 3. The molecule has 0 radical (unpaired) electrons. The lowest BCUT2D eigenvalue weighted by atomic mass is 10.1. The number of sulfonamides is 1. The molecule has 0 aliphatic rings. The van der Waals surface area contributed by atoms with Gasteiger partial charge in [0.2, 0.25) is 11.8 Å². The molecule has 1 N–H and O–H groups in total. The summed E-state index contributed by atoms with van der Waals surface area (Å²) in [5.41, 5.74) is 0.575. The number of rotatable bonds is 11. The van der Waals surface area contributed by atoms with Crippen LogP contribution in [0.1, 0.15) is 32.8 Å². The van der Waals surface area contributed by atoms with Gasteiger partial charge in [-0.3, -0.25) is 13.9 Å². The maximum Gasteiger partial charge on any atom is 0.264 e. The lowest BCUT2D eigenvalue weighted by molar-refractivity contribution is -0.139. The van der Waals surface area contributed by atoms with Gasteiger partial charge in [0.25, 0.3) is 10.0 Å². The fourth-order valence-corrected chi connectivity index (χ4v) is 5.63. The molecule has 0 aliphatic carbocycles. The normalized spacial score (nSPS) is 12.9. The minimum atomic E-state index is -4.28. The number of carbonyl (C=O) groups is 2. The molecular formula is C28H30Cl2FN3O4S. The summed E-state index contributed by atoms with van der Waals surface area (Å²) in [4.78, 5) is 28.1. The van der Waals surface area contributed by atoms with E-state index < -0.39 is 40.2 Å². The number of hydrogen-bond acceptors (Lipinski definition) is 4. The third-order valence-corrected chi connectivity index (χ3v) is 8.55. The van der Waals surface area contributed by atoms with Crippen LogP contribution in [0, 0.1) is 5.82 Å². The number of nitrogens with one attached hydrogen (secondary N) is 1. The lowest BCUT2D eigenvalue weighted by Crippen LogP contribution is -2.52. The van der Waals surface area contributed by atoms with Crippen molar-refractivity contribution in [3.63, 3.8) is 0 Å². The van der Waals surface area contributed by atoms with E-state index in [4.69, 9.17) is 23.2 Å². The third kappa shape index (κ3) is 7.71. The van der Waals surface area contributed by atoms with Crippen molar-refractivity contribution in [1.29, 1.82) is 0 Å². The van der Waals surface area contributed by atoms with Gasteiger partial charge in [0.05, 0.1) is 15.6 Å². The van der Waals surface area contributed by atoms with Crippen molar-refractivity contribution in [2.24, 2.45) is 0 Å². The highest BCUT2D eigenvalue weighted by atomic mass is 35.5. The van der Waals surface area contributed by atoms with Gasteiger partial charge in [0.1, 0.15) is 18.4 Å². The molecule has 0 aliphatic heterocycles. The standard InChI is InChI=1S/C28H30Cl2FN3O4S/c1-4-19(2)32-28(36)20(3)33(17-21-10-13-23(31)14-11-21)27(35)18-34(26-16-22(29)12-15-25(26)30)39(37,38)24-8-6-5-7-9-24/h5-16,19-20H,4,17-18H2,1-3H3,(H,32,36)/t19-,20+/m0/s1. The van der Waals surface area contributed by atoms with Crippen LogP contribution in [0.3, 0.4) is 0 Å². The first-order valence-corrected chi connectivity index (χ1v) is 14.5. The molecule has 2 atom stereocenters. The van der Waals surface area contributed by atoms with Crippen LogP contribution in [0.25, 0.3) is 0 Å². The molecule has 0 spiro atoms. The van der Waals surface area contributed by atoms with E-state index in [2.05, 4.69) is 5.32 Å². The molecule has 3 rings (SSSR count). The average molecular weight is 595 g/mol. The zero-order valence-corrected chi connectivity index (χ0v) is 24.1. The Morgan fingerprint density at radius 1 is 0.974 bits per heavy atom. The molecule has 0 saturated heterocycles. The molecular weight excluding hydrogens is 564 g/mol. The predicted molar refractivity (Wildman–Crippen MR) is 152 cm³/mol. The summed E-state index contributed by atoms with van der Waals surface area (Å²) in [5.74, 6) is -1.52. The number of carbonyl (C=O) groups excluding carboxylic acids is 2. The number of amides is 2. The Bertz CT molecular complexity index is 1410. The SMILES string of the molecule is CC[C@H](C)NC(=O)[C@@H](C)N(Cc1ccc(F)cc1)C(=O)CN(c1cc(Cl)ccc1Cl)S(=O)(=O)c1ccccc1. The van der Waals surface area contributed by atoms with Crippen LogP contribution in [0.2, 0.25) is 10.0 Å². The molecule has 7 nitrogen and oxygen atoms in total. The largest absolute Gasteiger partial charge is 0.352 e. The molecule has 0 unspecified atom stereocenters. The molecule has 0 aromatic heterocycles. The number of nitrogens with zero attached hydrogens (tertiary/aromatic N) is 2. The summed E-state index contributed by atoms with van der Waals surface area (Å²) in [7, 11) is -4.28. The molecule has 3 aromatic carbocycles. The van der Waals surface area contributed by atoms with Gasteiger partial charge in [0.15, 0.2) is 0 Å². The summed E-state index contributed by atoms with van der Waals surface area (Å²) in [6.45, 7) is 4.59. The molecule has 0 saturated carbocycles. The van der Waals surface area contributed by atoms with Crippen molar-refractivity contribution in [3.8, 4) is 0 Å². The quantitative estimate of drug-likeness (QED) is 0.311. The Kier molecular flexibility index (Phi) is 10.4. The Hall–Kier alpha value is -3.14. The first-order chi connectivity index (χ1) is 18.4. The molecule has 0 fully saturated rings. The summed E-state index contributed by atoms with van der Waals surface area (Å²) < 4.78 is 42.0. The molecule has 208 valence electrons. The number of hydrogen-bond donors (Lipinski definition) is 1. The first-order valence-electron chi connectivity index (χ1n) is 12.3. The second-order valence-corrected chi connectivity index (χ2v) is 11.8. The van der Waals surface area contributed by atoms with Gasteiger partial charge in [-0.05, 0) is 68.3 Å². The van der Waals surface area contributed by atoms with Gasteiger partial charge in [-0.25, -0.2) is 12.8 Å². The van der Waals surface area contributed by atoms with Crippen LogP contribution in [0.4, 0.5) is 10.1 Å². The lowest BCUT2D eigenvalue weighted by Gasteiger charge is -2.32. The predicted octanol–water partition coefficient (Wildman–Crippen LogP) is 5.66. The maximum absolute atomic E-state index is 13.9. The maximum atomic E-state index is 13.9. The fraction of sp³-hybridized carbons (Fsp3) is 0.286. The van der Waals surface area contributed by atoms with E-state index in [-0.39, 0.29) is 33.2 Å². The van der Waals surface area contributed by atoms with E-state index in [0.717, 1.165) is 4.31 Å². The Labute approximate surface area is 238 Å². The molecule has 2 amide bonds. The van der Waals surface area contributed by atoms with Gasteiger partial charge in [-0.15, -0.1) is 0 Å². The smallest absolute Gasteiger partial charge is 0.264 e. The van der Waals surface area contributed by atoms with E-state index in [1.165, 1.54) is 59.5 Å². The first kappa shape index (κ1) is 30.4. The van der Waals surface area contributed by atoms with Gasteiger partial charge in [-0.2, -0.15) is 0 Å². The van der Waals surface area contributed by atoms with Crippen molar-refractivity contribution < 1.29 is 22.4 Å². The Morgan fingerprint density at radius 2 is 1.62 bits per heavy atom. The highest BCUT2D eigenvalue weighted by molar-refractivity contribution is 7.92. The molecule has 39 heavy (non-hydrogen) atoms. The van der Waals surface area contributed by atoms with Crippen molar-refractivity contribution in [2.75, 3.05) is 10.8 Å². The topological polar surface area (TPSA) is 86.8 Å². The van der Waals surface area contributed by atoms with Crippen molar-refractivity contribution in [1.82, 2.24) is 10.2 Å². The number of halogens is 3. The summed E-state index contributed by atoms with van der Waals surface area (Å²) in [6.07, 6.45) is 0.681. The Balaban J connectivity index is 2.05. The third-order valence-electron chi connectivity index (χ3n) is 6.22. The van der Waals surface area contributed by atoms with Crippen LogP contribution in [0.5, 0.6) is 0 Å². The van der Waals surface area contributed by atoms with Crippen LogP contribution >= 0.6 is 23.2 Å². The minimum Gasteiger partial charge on any atom is -0.352 e.